The quantitative estimate of drug-likeness (QED) is 0.289. The topological polar surface area (TPSA) is 69.7 Å². The molecule has 31 heavy (non-hydrogen) atoms. The number of rotatable bonds is 8. The molecule has 14 heteroatoms. The lowest BCUT2D eigenvalue weighted by atomic mass is 9.91. The molecule has 0 atom stereocenters. The van der Waals surface area contributed by atoms with E-state index in [-0.39, 0.29) is 24.6 Å². The van der Waals surface area contributed by atoms with Gasteiger partial charge in [0.05, 0.1) is 23.1 Å². The van der Waals surface area contributed by atoms with E-state index in [0.29, 0.717) is 0 Å². The average Bonchev–Trinajstić information content (AvgIpc) is 2.62. The second-order valence-electron chi connectivity index (χ2n) is 7.08. The van der Waals surface area contributed by atoms with Gasteiger partial charge in [0.15, 0.2) is 6.61 Å². The van der Waals surface area contributed by atoms with Crippen molar-refractivity contribution in [3.8, 4) is 0 Å². The Morgan fingerprint density at radius 1 is 0.903 bits per heavy atom. The van der Waals surface area contributed by atoms with Crippen molar-refractivity contribution in [2.75, 3.05) is 6.61 Å². The molecular weight excluding hydrogens is 468 g/mol. The van der Waals surface area contributed by atoms with Crippen molar-refractivity contribution >= 4 is 16.1 Å². The zero-order valence-electron chi connectivity index (χ0n) is 16.3. The highest BCUT2D eigenvalue weighted by Gasteiger charge is 2.49. The summed E-state index contributed by atoms with van der Waals surface area (Å²) >= 11 is 0. The summed E-state index contributed by atoms with van der Waals surface area (Å²) < 4.78 is 136. The third-order valence-electron chi connectivity index (χ3n) is 4.20. The fourth-order valence-electron chi connectivity index (χ4n) is 1.90. The Morgan fingerprint density at radius 2 is 1.35 bits per heavy atom. The Hall–Kier alpha value is -1.96. The molecule has 0 aliphatic carbocycles. The van der Waals surface area contributed by atoms with Crippen LogP contribution in [0.5, 0.6) is 0 Å². The van der Waals surface area contributed by atoms with E-state index in [0.717, 1.165) is 0 Å². The van der Waals surface area contributed by atoms with Crippen LogP contribution in [0.1, 0.15) is 43.9 Å². The maximum Gasteiger partial charge on any atom is 0.416 e. The van der Waals surface area contributed by atoms with Crippen LogP contribution in [0.3, 0.4) is 0 Å². The first-order valence-electron chi connectivity index (χ1n) is 8.45. The van der Waals surface area contributed by atoms with Gasteiger partial charge in [-0.25, -0.2) is 0 Å². The van der Waals surface area contributed by atoms with Gasteiger partial charge in [0.25, 0.3) is 0 Å². The SMILES string of the molecule is CCC(C)(C)C(=O)OCC(F)(F)S(=O)(=O)OCc1cc(C(F)(F)F)cc(C(F)(F)F)c1. The monoisotopic (exact) mass is 486 g/mol. The molecule has 0 saturated carbocycles. The minimum absolute atomic E-state index is 0.132. The van der Waals surface area contributed by atoms with E-state index in [1.54, 1.807) is 6.92 Å². The van der Waals surface area contributed by atoms with E-state index < -0.39 is 69.0 Å². The Labute approximate surface area is 172 Å². The van der Waals surface area contributed by atoms with Gasteiger partial charge in [-0.1, -0.05) is 6.92 Å². The smallest absolute Gasteiger partial charge is 0.416 e. The number of esters is 1. The van der Waals surface area contributed by atoms with Gasteiger partial charge in [-0.2, -0.15) is 43.5 Å². The standard InChI is InChI=1S/C17H18F8O5S/c1-4-14(2,3)13(26)29-9-15(18,19)31(27,28)30-8-10-5-11(16(20,21)22)7-12(6-10)17(23,24)25/h5-7H,4,8-9H2,1-3H3. The van der Waals surface area contributed by atoms with Crippen LogP contribution in [0.15, 0.2) is 18.2 Å². The first-order valence-corrected chi connectivity index (χ1v) is 9.86. The molecule has 0 unspecified atom stereocenters. The van der Waals surface area contributed by atoms with Crippen molar-refractivity contribution in [2.24, 2.45) is 5.41 Å². The van der Waals surface area contributed by atoms with E-state index in [1.165, 1.54) is 13.8 Å². The third kappa shape index (κ3) is 7.02. The highest BCUT2D eigenvalue weighted by atomic mass is 32.2. The molecule has 0 heterocycles. The van der Waals surface area contributed by atoms with E-state index >= 15 is 0 Å². The number of carbonyl (C=O) groups is 1. The van der Waals surface area contributed by atoms with Gasteiger partial charge < -0.3 is 4.74 Å². The van der Waals surface area contributed by atoms with Crippen LogP contribution in [0.25, 0.3) is 0 Å². The van der Waals surface area contributed by atoms with Crippen molar-refractivity contribution < 1.29 is 57.3 Å². The summed E-state index contributed by atoms with van der Waals surface area (Å²) in [6.07, 6.45) is -10.3. The number of ether oxygens (including phenoxy) is 1. The molecule has 0 fully saturated rings. The zero-order chi connectivity index (χ0) is 24.5. The Balaban J connectivity index is 3.06. The van der Waals surface area contributed by atoms with Crippen LogP contribution < -0.4 is 0 Å². The molecule has 5 nitrogen and oxygen atoms in total. The van der Waals surface area contributed by atoms with Crippen LogP contribution in [0.4, 0.5) is 35.1 Å². The van der Waals surface area contributed by atoms with Crippen LogP contribution in [0.2, 0.25) is 0 Å². The summed E-state index contributed by atoms with van der Waals surface area (Å²) in [6, 6.07) is 0.0426. The van der Waals surface area contributed by atoms with Gasteiger partial charge in [0.2, 0.25) is 0 Å². The summed E-state index contributed by atoms with van der Waals surface area (Å²) in [7, 11) is -5.88. The molecule has 178 valence electrons. The molecule has 1 rings (SSSR count). The number of carbonyl (C=O) groups excluding carboxylic acids is 1. The highest BCUT2D eigenvalue weighted by molar-refractivity contribution is 7.87. The normalized spacial score (nSPS) is 13.9. The fourth-order valence-corrected chi connectivity index (χ4v) is 2.56. The highest BCUT2D eigenvalue weighted by Crippen LogP contribution is 2.37. The molecular formula is C17H18F8O5S. The van der Waals surface area contributed by atoms with Crippen molar-refractivity contribution in [3.63, 3.8) is 0 Å². The lowest BCUT2D eigenvalue weighted by Gasteiger charge is -2.23. The van der Waals surface area contributed by atoms with Crippen molar-refractivity contribution in [3.05, 3.63) is 34.9 Å². The largest absolute Gasteiger partial charge is 0.458 e. The zero-order valence-corrected chi connectivity index (χ0v) is 17.1. The van der Waals surface area contributed by atoms with Crippen molar-refractivity contribution in [2.45, 2.75) is 51.4 Å². The maximum absolute atomic E-state index is 13.9. The van der Waals surface area contributed by atoms with Gasteiger partial charge in [-0.3, -0.25) is 8.98 Å². The molecule has 0 aromatic heterocycles. The van der Waals surface area contributed by atoms with Gasteiger partial charge >= 0.3 is 33.7 Å². The van der Waals surface area contributed by atoms with E-state index in [1.807, 2.05) is 0 Å². The Morgan fingerprint density at radius 3 is 1.74 bits per heavy atom. The minimum atomic E-state index is -5.88. The van der Waals surface area contributed by atoms with Crippen molar-refractivity contribution in [1.82, 2.24) is 0 Å². The van der Waals surface area contributed by atoms with Gasteiger partial charge in [0.1, 0.15) is 0 Å². The van der Waals surface area contributed by atoms with Crippen LogP contribution in [-0.2, 0) is 42.8 Å². The van der Waals surface area contributed by atoms with Crippen molar-refractivity contribution in [1.29, 1.82) is 0 Å². The van der Waals surface area contributed by atoms with Crippen LogP contribution >= 0.6 is 0 Å². The molecule has 1 aromatic carbocycles. The molecule has 0 bridgehead atoms. The van der Waals surface area contributed by atoms with Crippen LogP contribution in [-0.4, -0.2) is 26.2 Å². The number of hydrogen-bond donors (Lipinski definition) is 0. The van der Waals surface area contributed by atoms with Gasteiger partial charge in [-0.05, 0) is 44.0 Å². The molecule has 0 aliphatic heterocycles. The first-order chi connectivity index (χ1) is 13.7. The summed E-state index contributed by atoms with van der Waals surface area (Å²) in [5.74, 6) is -1.14. The number of hydrogen-bond acceptors (Lipinski definition) is 5. The number of benzene rings is 1. The van der Waals surface area contributed by atoms with E-state index in [2.05, 4.69) is 8.92 Å². The molecule has 0 aliphatic rings. The molecule has 1 aromatic rings. The Bertz CT molecular complexity index is 872. The third-order valence-corrected chi connectivity index (χ3v) is 5.48. The lowest BCUT2D eigenvalue weighted by Crippen LogP contribution is -2.38. The second-order valence-corrected chi connectivity index (χ2v) is 8.82. The van der Waals surface area contributed by atoms with E-state index in [9.17, 15) is 48.3 Å². The molecule has 0 radical (unpaired) electrons. The summed E-state index contributed by atoms with van der Waals surface area (Å²) in [4.78, 5) is 11.7. The summed E-state index contributed by atoms with van der Waals surface area (Å²) in [6.45, 7) is 0.755. The number of alkyl halides is 8. The maximum atomic E-state index is 13.9. The second kappa shape index (κ2) is 8.88. The molecule has 0 N–H and O–H groups in total. The molecule has 0 amide bonds. The molecule has 0 saturated heterocycles. The summed E-state index contributed by atoms with van der Waals surface area (Å²) in [5.41, 5.74) is -5.72. The van der Waals surface area contributed by atoms with E-state index in [4.69, 9.17) is 0 Å². The predicted octanol–water partition coefficient (Wildman–Crippen LogP) is 5.14. The Kier molecular flexibility index (Phi) is 7.76. The first kappa shape index (κ1) is 27.1. The fraction of sp³-hybridized carbons (Fsp3) is 0.588. The summed E-state index contributed by atoms with van der Waals surface area (Å²) in [5, 5.41) is -4.80. The van der Waals surface area contributed by atoms with Gasteiger partial charge in [0, 0.05) is 0 Å². The van der Waals surface area contributed by atoms with Crippen LogP contribution in [0, 0.1) is 5.41 Å². The lowest BCUT2D eigenvalue weighted by molar-refractivity contribution is -0.160. The molecule has 0 spiro atoms. The number of halogens is 8. The predicted molar refractivity (Wildman–Crippen MR) is 90.1 cm³/mol. The minimum Gasteiger partial charge on any atom is -0.458 e. The van der Waals surface area contributed by atoms with Gasteiger partial charge in [-0.15, -0.1) is 0 Å². The average molecular weight is 486 g/mol.